The molecule has 4 aromatic rings. The van der Waals surface area contributed by atoms with Crippen LogP contribution in [0, 0.1) is 17.5 Å². The molecule has 0 spiro atoms. The summed E-state index contributed by atoms with van der Waals surface area (Å²) in [6.07, 6.45) is 7.85. The molecule has 4 aliphatic heterocycles. The Kier molecular flexibility index (Phi) is 5.92. The van der Waals surface area contributed by atoms with Gasteiger partial charge in [0.15, 0.2) is 11.6 Å². The van der Waals surface area contributed by atoms with Crippen LogP contribution in [0.4, 0.5) is 19.0 Å². The number of hydrogen-bond acceptors (Lipinski definition) is 6. The molecule has 0 unspecified atom stereocenters. The van der Waals surface area contributed by atoms with Gasteiger partial charge in [0.2, 0.25) is 0 Å². The molecule has 7 nitrogen and oxygen atoms in total. The Morgan fingerprint density at radius 3 is 2.54 bits per heavy atom. The Hall–Kier alpha value is -3.08. The summed E-state index contributed by atoms with van der Waals surface area (Å²) in [5.74, 6) is -1.97. The quantitative estimate of drug-likeness (QED) is 0.310. The lowest BCUT2D eigenvalue weighted by Gasteiger charge is -2.34. The van der Waals surface area contributed by atoms with E-state index in [2.05, 4.69) is 25.1 Å². The highest BCUT2D eigenvalue weighted by Gasteiger charge is 2.45. The number of nitrogens with one attached hydrogen (secondary N) is 2. The van der Waals surface area contributed by atoms with Crippen molar-refractivity contribution in [2.45, 2.75) is 56.1 Å². The maximum atomic E-state index is 16.5. The van der Waals surface area contributed by atoms with Crippen LogP contribution in [-0.4, -0.2) is 70.3 Å². The molecule has 41 heavy (non-hydrogen) atoms. The van der Waals surface area contributed by atoms with Gasteiger partial charge in [-0.25, -0.2) is 13.2 Å². The van der Waals surface area contributed by atoms with Gasteiger partial charge in [0.1, 0.15) is 23.8 Å². The first kappa shape index (κ1) is 25.6. The van der Waals surface area contributed by atoms with Crippen LogP contribution < -0.4 is 15.0 Å². The zero-order valence-corrected chi connectivity index (χ0v) is 23.2. The number of benzene rings is 2. The molecule has 0 amide bonds. The lowest BCUT2D eigenvalue weighted by molar-refractivity contribution is 0.108. The van der Waals surface area contributed by atoms with E-state index in [0.717, 1.165) is 51.6 Å². The third-order valence-corrected chi connectivity index (χ3v) is 9.94. The van der Waals surface area contributed by atoms with Gasteiger partial charge in [-0.3, -0.25) is 4.90 Å². The Labute approximate surface area is 240 Å². The second-order valence-corrected chi connectivity index (χ2v) is 12.4. The average Bonchev–Trinajstić information content (AvgIpc) is 3.73. The van der Waals surface area contributed by atoms with E-state index in [1.54, 1.807) is 6.07 Å². The maximum absolute atomic E-state index is 16.5. The van der Waals surface area contributed by atoms with Gasteiger partial charge in [-0.1, -0.05) is 11.6 Å². The molecule has 0 saturated carbocycles. The topological polar surface area (TPSA) is 69.3 Å². The number of H-pyrrole nitrogens is 1. The van der Waals surface area contributed by atoms with Crippen LogP contribution in [0.25, 0.3) is 32.9 Å². The van der Waals surface area contributed by atoms with Crippen LogP contribution in [0.15, 0.2) is 24.4 Å². The fourth-order valence-electron chi connectivity index (χ4n) is 7.70. The number of nitrogens with zero attached hydrogens (tertiary/aromatic N) is 4. The van der Waals surface area contributed by atoms with E-state index in [4.69, 9.17) is 21.3 Å². The van der Waals surface area contributed by atoms with Crippen molar-refractivity contribution in [1.29, 1.82) is 0 Å². The van der Waals surface area contributed by atoms with Crippen LogP contribution in [0.3, 0.4) is 0 Å². The monoisotopic (exact) mass is 582 g/mol. The summed E-state index contributed by atoms with van der Waals surface area (Å²) < 4.78 is 53.8. The molecule has 2 aromatic heterocycles. The third-order valence-electron chi connectivity index (χ3n) is 9.64. The van der Waals surface area contributed by atoms with Gasteiger partial charge in [-0.2, -0.15) is 9.97 Å². The normalized spacial score (nSPS) is 23.7. The van der Waals surface area contributed by atoms with Gasteiger partial charge < -0.3 is 19.9 Å². The lowest BCUT2D eigenvalue weighted by atomic mass is 9.95. The van der Waals surface area contributed by atoms with Crippen molar-refractivity contribution in [3.05, 3.63) is 46.9 Å². The minimum Gasteiger partial charge on any atom is -0.461 e. The molecule has 8 rings (SSSR count). The number of fused-ring (bicyclic) bond motifs is 5. The van der Waals surface area contributed by atoms with Crippen LogP contribution in [0.5, 0.6) is 6.01 Å². The average molecular weight is 583 g/mol. The largest absolute Gasteiger partial charge is 0.461 e. The molecule has 0 aliphatic carbocycles. The first-order chi connectivity index (χ1) is 19.9. The van der Waals surface area contributed by atoms with Crippen molar-refractivity contribution in [3.63, 3.8) is 0 Å². The molecular weight excluding hydrogens is 553 g/mol. The molecule has 0 radical (unpaired) electrons. The molecule has 214 valence electrons. The highest BCUT2D eigenvalue weighted by atomic mass is 35.5. The summed E-state index contributed by atoms with van der Waals surface area (Å²) in [6.45, 7) is 3.89. The Morgan fingerprint density at radius 1 is 1.02 bits per heavy atom. The molecule has 2 aromatic carbocycles. The first-order valence-corrected chi connectivity index (χ1v) is 14.8. The summed E-state index contributed by atoms with van der Waals surface area (Å²) in [5.41, 5.74) is -0.0129. The number of aromatic nitrogens is 3. The van der Waals surface area contributed by atoms with Crippen molar-refractivity contribution in [2.24, 2.45) is 0 Å². The molecule has 6 heterocycles. The summed E-state index contributed by atoms with van der Waals surface area (Å²) in [5, 5.41) is 3.78. The molecular formula is C30H30ClF3N6O. The number of rotatable bonds is 5. The smallest absolute Gasteiger partial charge is 0.319 e. The number of halogens is 4. The van der Waals surface area contributed by atoms with E-state index in [1.165, 1.54) is 18.3 Å². The van der Waals surface area contributed by atoms with Crippen LogP contribution in [0.2, 0.25) is 5.02 Å². The van der Waals surface area contributed by atoms with Crippen molar-refractivity contribution < 1.29 is 17.9 Å². The molecule has 2 N–H and O–H groups in total. The van der Waals surface area contributed by atoms with E-state index in [0.29, 0.717) is 43.1 Å². The van der Waals surface area contributed by atoms with Gasteiger partial charge in [-0.15, -0.1) is 0 Å². The van der Waals surface area contributed by atoms with E-state index in [1.807, 2.05) is 0 Å². The standard InChI is InChI=1S/C30H30ClF3N6O/c31-20-5-6-22-24(25(20)33)19(12-35-22)23-21(32)11-18-27(26(23)34)37-29(41-15-30-7-1-9-40(30)10-2-8-30)38-28(18)39-13-16-3-4-17(14-39)36-16/h5-6,11-12,16-17,35-36H,1-4,7-10,13-15H2/t16-,17+. The predicted molar refractivity (Wildman–Crippen MR) is 152 cm³/mol. The summed E-state index contributed by atoms with van der Waals surface area (Å²) in [6, 6.07) is 4.93. The number of ether oxygens (including phenoxy) is 1. The van der Waals surface area contributed by atoms with Gasteiger partial charge in [-0.05, 0) is 69.8 Å². The van der Waals surface area contributed by atoms with Crippen molar-refractivity contribution >= 4 is 39.2 Å². The third kappa shape index (κ3) is 4.01. The molecule has 11 heteroatoms. The Bertz CT molecular complexity index is 1670. The maximum Gasteiger partial charge on any atom is 0.319 e. The highest BCUT2D eigenvalue weighted by Crippen LogP contribution is 2.42. The number of hydrogen-bond donors (Lipinski definition) is 2. The summed E-state index contributed by atoms with van der Waals surface area (Å²) >= 11 is 6.03. The number of aromatic amines is 1. The van der Waals surface area contributed by atoms with Crippen molar-refractivity contribution in [1.82, 2.24) is 25.2 Å². The SMILES string of the molecule is Fc1cc2c(N3C[C@H]4CC[C@@H](C3)N4)nc(OCC34CCCN3CCC4)nc2c(F)c1-c1c[nH]c2ccc(Cl)c(F)c12. The molecule has 2 atom stereocenters. The second-order valence-electron chi connectivity index (χ2n) is 12.0. The van der Waals surface area contributed by atoms with E-state index in [-0.39, 0.29) is 44.0 Å². The van der Waals surface area contributed by atoms with Crippen LogP contribution in [0.1, 0.15) is 38.5 Å². The highest BCUT2D eigenvalue weighted by molar-refractivity contribution is 6.31. The number of piperazine rings is 1. The fourth-order valence-corrected chi connectivity index (χ4v) is 7.85. The molecule has 4 aliphatic rings. The zero-order valence-electron chi connectivity index (χ0n) is 22.5. The molecule has 2 bridgehead atoms. The summed E-state index contributed by atoms with van der Waals surface area (Å²) in [4.78, 5) is 16.8. The fraction of sp³-hybridized carbons (Fsp3) is 0.467. The zero-order chi connectivity index (χ0) is 27.9. The Morgan fingerprint density at radius 2 is 1.78 bits per heavy atom. The molecule has 4 saturated heterocycles. The second kappa shape index (κ2) is 9.47. The van der Waals surface area contributed by atoms with E-state index in [9.17, 15) is 0 Å². The minimum absolute atomic E-state index is 0.0285. The van der Waals surface area contributed by atoms with Gasteiger partial charge in [0.05, 0.1) is 16.1 Å². The van der Waals surface area contributed by atoms with Crippen LogP contribution in [-0.2, 0) is 0 Å². The first-order valence-electron chi connectivity index (χ1n) is 14.4. The summed E-state index contributed by atoms with van der Waals surface area (Å²) in [7, 11) is 0. The van der Waals surface area contributed by atoms with Crippen molar-refractivity contribution in [2.75, 3.05) is 37.7 Å². The van der Waals surface area contributed by atoms with Crippen LogP contribution >= 0.6 is 11.6 Å². The van der Waals surface area contributed by atoms with Gasteiger partial charge in [0, 0.05) is 53.2 Å². The molecule has 4 fully saturated rings. The van der Waals surface area contributed by atoms with Gasteiger partial charge >= 0.3 is 6.01 Å². The Balaban J connectivity index is 1.27. The lowest BCUT2D eigenvalue weighted by Crippen LogP contribution is -2.51. The number of anilines is 1. The predicted octanol–water partition coefficient (Wildman–Crippen LogP) is 5.80. The van der Waals surface area contributed by atoms with E-state index < -0.39 is 17.5 Å². The van der Waals surface area contributed by atoms with Gasteiger partial charge in [0.25, 0.3) is 0 Å². The van der Waals surface area contributed by atoms with E-state index >= 15 is 13.2 Å². The van der Waals surface area contributed by atoms with Crippen molar-refractivity contribution in [3.8, 4) is 17.1 Å². The minimum atomic E-state index is -0.881.